The molecule has 0 spiro atoms. The SMILES string of the molecule is O=C(c1cnc(CN2CCCC2)s1)N1CCC(c2cc(=O)[nH]cn2)CC1. The Morgan fingerprint density at radius 3 is 2.69 bits per heavy atom. The molecule has 2 aliphatic heterocycles. The Kier molecular flexibility index (Phi) is 5.12. The van der Waals surface area contributed by atoms with Gasteiger partial charge in [-0.25, -0.2) is 9.97 Å². The predicted octanol–water partition coefficient (Wildman–Crippen LogP) is 1.84. The number of carbonyl (C=O) groups excluding carboxylic acids is 1. The van der Waals surface area contributed by atoms with E-state index in [0.717, 1.165) is 48.1 Å². The van der Waals surface area contributed by atoms with Crippen molar-refractivity contribution < 1.29 is 4.79 Å². The Morgan fingerprint density at radius 2 is 1.96 bits per heavy atom. The first-order valence-corrected chi connectivity index (χ1v) is 10.0. The van der Waals surface area contributed by atoms with E-state index in [4.69, 9.17) is 0 Å². The van der Waals surface area contributed by atoms with Crippen molar-refractivity contribution >= 4 is 17.2 Å². The van der Waals surface area contributed by atoms with E-state index in [1.807, 2.05) is 4.90 Å². The third kappa shape index (κ3) is 3.86. The van der Waals surface area contributed by atoms with E-state index in [-0.39, 0.29) is 17.4 Å². The standard InChI is InChI=1S/C18H23N5O2S/c24-16-9-14(20-12-21-16)13-3-7-23(8-4-13)18(25)15-10-19-17(26-15)11-22-5-1-2-6-22/h9-10,12-13H,1-8,11H2,(H,20,21,24). The van der Waals surface area contributed by atoms with E-state index in [0.29, 0.717) is 13.1 Å². The van der Waals surface area contributed by atoms with Crippen LogP contribution in [-0.4, -0.2) is 56.8 Å². The number of hydrogen-bond acceptors (Lipinski definition) is 6. The van der Waals surface area contributed by atoms with Gasteiger partial charge in [-0.05, 0) is 38.8 Å². The largest absolute Gasteiger partial charge is 0.338 e. The number of nitrogens with zero attached hydrogens (tertiary/aromatic N) is 4. The first-order valence-electron chi connectivity index (χ1n) is 9.20. The van der Waals surface area contributed by atoms with Crippen molar-refractivity contribution in [2.45, 2.75) is 38.1 Å². The summed E-state index contributed by atoms with van der Waals surface area (Å²) in [6.07, 6.45) is 7.36. The van der Waals surface area contributed by atoms with Gasteiger partial charge in [0.2, 0.25) is 0 Å². The van der Waals surface area contributed by atoms with Gasteiger partial charge in [0.05, 0.1) is 24.8 Å². The van der Waals surface area contributed by atoms with Crippen molar-refractivity contribution in [2.75, 3.05) is 26.2 Å². The van der Waals surface area contributed by atoms with Crippen LogP contribution in [0.2, 0.25) is 0 Å². The van der Waals surface area contributed by atoms with Gasteiger partial charge in [0, 0.05) is 25.1 Å². The van der Waals surface area contributed by atoms with Gasteiger partial charge in [0.1, 0.15) is 9.88 Å². The molecule has 1 N–H and O–H groups in total. The van der Waals surface area contributed by atoms with Crippen LogP contribution in [-0.2, 0) is 6.54 Å². The molecule has 0 bridgehead atoms. The second-order valence-corrected chi connectivity index (χ2v) is 8.12. The molecule has 2 aromatic rings. The molecule has 4 rings (SSSR count). The van der Waals surface area contributed by atoms with Gasteiger partial charge < -0.3 is 9.88 Å². The topological polar surface area (TPSA) is 82.2 Å². The number of nitrogens with one attached hydrogen (secondary N) is 1. The number of hydrogen-bond donors (Lipinski definition) is 1. The Hall–Kier alpha value is -2.06. The molecule has 4 heterocycles. The van der Waals surface area contributed by atoms with Gasteiger partial charge >= 0.3 is 0 Å². The zero-order chi connectivity index (χ0) is 17.9. The van der Waals surface area contributed by atoms with Crippen LogP contribution in [0.5, 0.6) is 0 Å². The summed E-state index contributed by atoms with van der Waals surface area (Å²) in [5.74, 6) is 0.320. The van der Waals surface area contributed by atoms with Crippen molar-refractivity contribution in [3.05, 3.63) is 44.5 Å². The van der Waals surface area contributed by atoms with Crippen LogP contribution in [0.4, 0.5) is 0 Å². The molecule has 2 aromatic heterocycles. The van der Waals surface area contributed by atoms with Gasteiger partial charge in [0.25, 0.3) is 11.5 Å². The number of aromatic amines is 1. The highest BCUT2D eigenvalue weighted by Gasteiger charge is 2.26. The lowest BCUT2D eigenvalue weighted by atomic mass is 9.93. The van der Waals surface area contributed by atoms with E-state index < -0.39 is 0 Å². The molecule has 2 saturated heterocycles. The molecule has 0 aliphatic carbocycles. The van der Waals surface area contributed by atoms with Gasteiger partial charge in [-0.15, -0.1) is 11.3 Å². The fraction of sp³-hybridized carbons (Fsp3) is 0.556. The minimum atomic E-state index is -0.122. The molecule has 2 fully saturated rings. The fourth-order valence-corrected chi connectivity index (χ4v) is 4.68. The average Bonchev–Trinajstić information content (AvgIpc) is 3.34. The van der Waals surface area contributed by atoms with E-state index in [9.17, 15) is 9.59 Å². The van der Waals surface area contributed by atoms with Gasteiger partial charge in [0.15, 0.2) is 0 Å². The fourth-order valence-electron chi connectivity index (χ4n) is 3.76. The minimum absolute atomic E-state index is 0.0764. The number of thiazole rings is 1. The number of likely N-dealkylation sites (tertiary alicyclic amines) is 2. The van der Waals surface area contributed by atoms with E-state index in [2.05, 4.69) is 19.9 Å². The summed E-state index contributed by atoms with van der Waals surface area (Å²) < 4.78 is 0. The van der Waals surface area contributed by atoms with Crippen molar-refractivity contribution in [1.29, 1.82) is 0 Å². The maximum absolute atomic E-state index is 12.8. The zero-order valence-electron chi connectivity index (χ0n) is 14.7. The summed E-state index contributed by atoms with van der Waals surface area (Å²) in [5.41, 5.74) is 0.704. The van der Waals surface area contributed by atoms with E-state index in [1.165, 1.54) is 30.5 Å². The molecule has 7 nitrogen and oxygen atoms in total. The molecule has 138 valence electrons. The van der Waals surface area contributed by atoms with Crippen LogP contribution < -0.4 is 5.56 Å². The maximum Gasteiger partial charge on any atom is 0.265 e. The minimum Gasteiger partial charge on any atom is -0.338 e. The van der Waals surface area contributed by atoms with Crippen LogP contribution >= 0.6 is 11.3 Å². The van der Waals surface area contributed by atoms with Crippen molar-refractivity contribution in [2.24, 2.45) is 0 Å². The van der Waals surface area contributed by atoms with Gasteiger partial charge in [-0.1, -0.05) is 0 Å². The Bertz CT molecular complexity index is 819. The number of rotatable bonds is 4. The molecule has 2 aliphatic rings. The summed E-state index contributed by atoms with van der Waals surface area (Å²) in [7, 11) is 0. The molecular formula is C18H23N5O2S. The first-order chi connectivity index (χ1) is 12.7. The Labute approximate surface area is 156 Å². The lowest BCUT2D eigenvalue weighted by Gasteiger charge is -2.31. The van der Waals surface area contributed by atoms with Crippen molar-refractivity contribution in [3.8, 4) is 0 Å². The Balaban J connectivity index is 1.34. The summed E-state index contributed by atoms with van der Waals surface area (Å²) in [5, 5.41) is 1.03. The van der Waals surface area contributed by atoms with Crippen LogP contribution in [0.1, 0.15) is 52.0 Å². The van der Waals surface area contributed by atoms with Crippen LogP contribution in [0.15, 0.2) is 23.4 Å². The smallest absolute Gasteiger partial charge is 0.265 e. The highest BCUT2D eigenvalue weighted by Crippen LogP contribution is 2.27. The van der Waals surface area contributed by atoms with Crippen LogP contribution in [0.25, 0.3) is 0 Å². The molecule has 8 heteroatoms. The monoisotopic (exact) mass is 373 g/mol. The second kappa shape index (κ2) is 7.67. The second-order valence-electron chi connectivity index (χ2n) is 7.00. The number of carbonyl (C=O) groups is 1. The molecule has 0 unspecified atom stereocenters. The summed E-state index contributed by atoms with van der Waals surface area (Å²) in [4.78, 5) is 40.5. The predicted molar refractivity (Wildman–Crippen MR) is 99.4 cm³/mol. The van der Waals surface area contributed by atoms with Gasteiger partial charge in [-0.3, -0.25) is 14.5 Å². The highest BCUT2D eigenvalue weighted by molar-refractivity contribution is 7.13. The normalized spacial score (nSPS) is 19.2. The van der Waals surface area contributed by atoms with Crippen LogP contribution in [0, 0.1) is 0 Å². The molecule has 26 heavy (non-hydrogen) atoms. The molecule has 0 saturated carbocycles. The summed E-state index contributed by atoms with van der Waals surface area (Å²) in [6, 6.07) is 1.57. The Morgan fingerprint density at radius 1 is 1.19 bits per heavy atom. The third-order valence-electron chi connectivity index (χ3n) is 5.22. The third-order valence-corrected chi connectivity index (χ3v) is 6.19. The number of H-pyrrole nitrogens is 1. The first kappa shape index (κ1) is 17.4. The van der Waals surface area contributed by atoms with Crippen LogP contribution in [0.3, 0.4) is 0 Å². The zero-order valence-corrected chi connectivity index (χ0v) is 15.5. The van der Waals surface area contributed by atoms with Crippen molar-refractivity contribution in [3.63, 3.8) is 0 Å². The molecular weight excluding hydrogens is 350 g/mol. The molecule has 0 radical (unpaired) electrons. The van der Waals surface area contributed by atoms with E-state index >= 15 is 0 Å². The highest BCUT2D eigenvalue weighted by atomic mass is 32.1. The quantitative estimate of drug-likeness (QED) is 0.884. The summed E-state index contributed by atoms with van der Waals surface area (Å²) in [6.45, 7) is 4.50. The van der Waals surface area contributed by atoms with Gasteiger partial charge in [-0.2, -0.15) is 0 Å². The van der Waals surface area contributed by atoms with Crippen molar-refractivity contribution in [1.82, 2.24) is 24.8 Å². The molecule has 1 amide bonds. The maximum atomic E-state index is 12.8. The number of aromatic nitrogens is 3. The average molecular weight is 373 g/mol. The number of amides is 1. The molecule has 0 aromatic carbocycles. The lowest BCUT2D eigenvalue weighted by molar-refractivity contribution is 0.0716. The molecule has 0 atom stereocenters. The number of piperidine rings is 1. The lowest BCUT2D eigenvalue weighted by Crippen LogP contribution is -2.37. The summed E-state index contributed by atoms with van der Waals surface area (Å²) >= 11 is 1.52. The van der Waals surface area contributed by atoms with E-state index in [1.54, 1.807) is 12.3 Å².